The Kier molecular flexibility index (Phi) is 5.83. The van der Waals surface area contributed by atoms with Gasteiger partial charge in [0, 0.05) is 6.04 Å². The third kappa shape index (κ3) is 6.25. The standard InChI is InChI=1S/C15H23NO3/c1-10-5-11(2)7-14(6-10)19-9-15(18)16-12(3)8-13(4)17/h5-7,12-13,17H,8-9H2,1-4H3,(H,16,18). The molecule has 0 fully saturated rings. The van der Waals surface area contributed by atoms with Gasteiger partial charge in [0.1, 0.15) is 5.75 Å². The molecule has 4 nitrogen and oxygen atoms in total. The Balaban J connectivity index is 2.41. The third-order valence-corrected chi connectivity index (χ3v) is 2.67. The molecule has 0 aliphatic heterocycles. The predicted octanol–water partition coefficient (Wildman–Crippen LogP) is 1.96. The lowest BCUT2D eigenvalue weighted by Gasteiger charge is -2.15. The number of hydrogen-bond acceptors (Lipinski definition) is 3. The number of carbonyl (C=O) groups excluding carboxylic acids is 1. The van der Waals surface area contributed by atoms with Crippen LogP contribution in [0, 0.1) is 13.8 Å². The van der Waals surface area contributed by atoms with E-state index in [9.17, 15) is 9.90 Å². The molecule has 0 bridgehead atoms. The maximum absolute atomic E-state index is 11.7. The monoisotopic (exact) mass is 265 g/mol. The summed E-state index contributed by atoms with van der Waals surface area (Å²) in [7, 11) is 0. The van der Waals surface area contributed by atoms with Crippen molar-refractivity contribution in [3.05, 3.63) is 29.3 Å². The number of aliphatic hydroxyl groups is 1. The van der Waals surface area contributed by atoms with Gasteiger partial charge in [-0.1, -0.05) is 6.07 Å². The van der Waals surface area contributed by atoms with Crippen molar-refractivity contribution < 1.29 is 14.6 Å². The third-order valence-electron chi connectivity index (χ3n) is 2.67. The molecule has 0 saturated heterocycles. The topological polar surface area (TPSA) is 58.6 Å². The summed E-state index contributed by atoms with van der Waals surface area (Å²) in [6, 6.07) is 5.80. The van der Waals surface area contributed by atoms with Crippen LogP contribution >= 0.6 is 0 Å². The zero-order chi connectivity index (χ0) is 14.4. The fourth-order valence-corrected chi connectivity index (χ4v) is 2.05. The van der Waals surface area contributed by atoms with Crippen LogP contribution in [-0.2, 0) is 4.79 Å². The number of nitrogens with one attached hydrogen (secondary N) is 1. The van der Waals surface area contributed by atoms with E-state index in [-0.39, 0.29) is 18.6 Å². The van der Waals surface area contributed by atoms with Crippen LogP contribution in [0.4, 0.5) is 0 Å². The molecule has 0 aromatic heterocycles. The Labute approximate surface area is 114 Å². The van der Waals surface area contributed by atoms with E-state index in [4.69, 9.17) is 4.74 Å². The summed E-state index contributed by atoms with van der Waals surface area (Å²) in [6.07, 6.45) is 0.116. The van der Waals surface area contributed by atoms with Gasteiger partial charge in [-0.15, -0.1) is 0 Å². The molecule has 0 spiro atoms. The Morgan fingerprint density at radius 3 is 2.37 bits per heavy atom. The summed E-state index contributed by atoms with van der Waals surface area (Å²) in [5, 5.41) is 12.0. The van der Waals surface area contributed by atoms with Crippen LogP contribution in [0.25, 0.3) is 0 Å². The van der Waals surface area contributed by atoms with Crippen LogP contribution in [-0.4, -0.2) is 29.8 Å². The lowest BCUT2D eigenvalue weighted by molar-refractivity contribution is -0.123. The van der Waals surface area contributed by atoms with Gasteiger partial charge in [-0.05, 0) is 57.4 Å². The largest absolute Gasteiger partial charge is 0.484 e. The number of benzene rings is 1. The number of amides is 1. The van der Waals surface area contributed by atoms with Gasteiger partial charge in [-0.2, -0.15) is 0 Å². The summed E-state index contributed by atoms with van der Waals surface area (Å²) < 4.78 is 5.46. The van der Waals surface area contributed by atoms with Crippen molar-refractivity contribution in [3.63, 3.8) is 0 Å². The molecule has 1 aromatic carbocycles. The van der Waals surface area contributed by atoms with Crippen LogP contribution < -0.4 is 10.1 Å². The van der Waals surface area contributed by atoms with E-state index in [0.29, 0.717) is 12.2 Å². The molecule has 106 valence electrons. The lowest BCUT2D eigenvalue weighted by atomic mass is 10.1. The van der Waals surface area contributed by atoms with Crippen LogP contribution in [0.15, 0.2) is 18.2 Å². The number of rotatable bonds is 6. The highest BCUT2D eigenvalue weighted by Gasteiger charge is 2.10. The van der Waals surface area contributed by atoms with Gasteiger partial charge in [0.25, 0.3) is 5.91 Å². The molecule has 19 heavy (non-hydrogen) atoms. The van der Waals surface area contributed by atoms with Crippen LogP contribution in [0.5, 0.6) is 5.75 Å². The first-order valence-electron chi connectivity index (χ1n) is 6.55. The molecular weight excluding hydrogens is 242 g/mol. The van der Waals surface area contributed by atoms with E-state index in [1.807, 2.05) is 32.9 Å². The fraction of sp³-hybridized carbons (Fsp3) is 0.533. The fourth-order valence-electron chi connectivity index (χ4n) is 2.05. The molecule has 4 heteroatoms. The van der Waals surface area contributed by atoms with E-state index in [0.717, 1.165) is 11.1 Å². The first kappa shape index (κ1) is 15.5. The van der Waals surface area contributed by atoms with Crippen molar-refractivity contribution >= 4 is 5.91 Å². The minimum Gasteiger partial charge on any atom is -0.484 e. The molecular formula is C15H23NO3. The van der Waals surface area contributed by atoms with Crippen LogP contribution in [0.1, 0.15) is 31.4 Å². The predicted molar refractivity (Wildman–Crippen MR) is 75.3 cm³/mol. The molecule has 0 saturated carbocycles. The van der Waals surface area contributed by atoms with E-state index >= 15 is 0 Å². The minimum absolute atomic E-state index is 0.00690. The number of aryl methyl sites for hydroxylation is 2. The van der Waals surface area contributed by atoms with E-state index in [2.05, 4.69) is 11.4 Å². The van der Waals surface area contributed by atoms with E-state index in [1.165, 1.54) is 0 Å². The van der Waals surface area contributed by atoms with E-state index in [1.54, 1.807) is 6.92 Å². The number of ether oxygens (including phenoxy) is 1. The van der Waals surface area contributed by atoms with Gasteiger partial charge < -0.3 is 15.2 Å². The van der Waals surface area contributed by atoms with Crippen molar-refractivity contribution in [2.45, 2.75) is 46.3 Å². The van der Waals surface area contributed by atoms with Crippen LogP contribution in [0.3, 0.4) is 0 Å². The summed E-state index contributed by atoms with van der Waals surface area (Å²) in [5.74, 6) is 0.531. The average Bonchev–Trinajstić information content (AvgIpc) is 2.23. The lowest BCUT2D eigenvalue weighted by Crippen LogP contribution is -2.37. The highest BCUT2D eigenvalue weighted by atomic mass is 16.5. The molecule has 1 amide bonds. The Bertz CT molecular complexity index is 409. The SMILES string of the molecule is Cc1cc(C)cc(OCC(=O)NC(C)CC(C)O)c1. The number of hydrogen-bond donors (Lipinski definition) is 2. The molecule has 1 aromatic rings. The molecule has 2 atom stereocenters. The van der Waals surface area contributed by atoms with Gasteiger partial charge in [-0.25, -0.2) is 0 Å². The number of aliphatic hydroxyl groups excluding tert-OH is 1. The second-order valence-corrected chi connectivity index (χ2v) is 5.17. The zero-order valence-electron chi connectivity index (χ0n) is 12.1. The van der Waals surface area contributed by atoms with Crippen molar-refractivity contribution in [1.29, 1.82) is 0 Å². The van der Waals surface area contributed by atoms with Crippen molar-refractivity contribution in [1.82, 2.24) is 5.32 Å². The first-order valence-corrected chi connectivity index (χ1v) is 6.55. The van der Waals surface area contributed by atoms with Gasteiger partial charge in [0.05, 0.1) is 6.10 Å². The summed E-state index contributed by atoms with van der Waals surface area (Å²) in [5.41, 5.74) is 2.22. The Hall–Kier alpha value is -1.55. The highest BCUT2D eigenvalue weighted by molar-refractivity contribution is 5.77. The van der Waals surface area contributed by atoms with Gasteiger partial charge in [0.15, 0.2) is 6.61 Å². The Morgan fingerprint density at radius 1 is 1.26 bits per heavy atom. The molecule has 2 unspecified atom stereocenters. The van der Waals surface area contributed by atoms with E-state index < -0.39 is 6.10 Å². The summed E-state index contributed by atoms with van der Waals surface area (Å²) in [4.78, 5) is 11.7. The van der Waals surface area contributed by atoms with Crippen molar-refractivity contribution in [2.24, 2.45) is 0 Å². The second kappa shape index (κ2) is 7.14. The molecule has 0 heterocycles. The first-order chi connectivity index (χ1) is 8.86. The molecule has 0 aliphatic carbocycles. The quantitative estimate of drug-likeness (QED) is 0.826. The second-order valence-electron chi connectivity index (χ2n) is 5.17. The minimum atomic E-state index is -0.421. The average molecular weight is 265 g/mol. The van der Waals surface area contributed by atoms with Crippen molar-refractivity contribution in [2.75, 3.05) is 6.61 Å². The molecule has 0 aliphatic rings. The van der Waals surface area contributed by atoms with Crippen molar-refractivity contribution in [3.8, 4) is 5.75 Å². The Morgan fingerprint density at radius 2 is 1.84 bits per heavy atom. The summed E-state index contributed by atoms with van der Waals surface area (Å²) in [6.45, 7) is 7.54. The maximum Gasteiger partial charge on any atom is 0.258 e. The van der Waals surface area contributed by atoms with Crippen LogP contribution in [0.2, 0.25) is 0 Å². The molecule has 0 radical (unpaired) electrons. The normalized spacial score (nSPS) is 13.7. The van der Waals surface area contributed by atoms with Gasteiger partial charge in [0.2, 0.25) is 0 Å². The van der Waals surface area contributed by atoms with Gasteiger partial charge >= 0.3 is 0 Å². The highest BCUT2D eigenvalue weighted by Crippen LogP contribution is 2.15. The molecule has 2 N–H and O–H groups in total. The molecule has 1 rings (SSSR count). The maximum atomic E-state index is 11.7. The summed E-state index contributed by atoms with van der Waals surface area (Å²) >= 11 is 0. The van der Waals surface area contributed by atoms with Gasteiger partial charge in [-0.3, -0.25) is 4.79 Å². The zero-order valence-corrected chi connectivity index (χ0v) is 12.1. The smallest absolute Gasteiger partial charge is 0.258 e. The number of carbonyl (C=O) groups is 1.